The third-order valence-corrected chi connectivity index (χ3v) is 3.17. The first-order chi connectivity index (χ1) is 10.1. The Hall–Kier alpha value is -2.62. The highest BCUT2D eigenvalue weighted by atomic mass is 16.4. The average molecular weight is 283 g/mol. The van der Waals surface area contributed by atoms with Gasteiger partial charge in [0, 0.05) is 5.56 Å². The van der Waals surface area contributed by atoms with Gasteiger partial charge in [0.15, 0.2) is 0 Å². The van der Waals surface area contributed by atoms with Crippen LogP contribution in [0.1, 0.15) is 33.9 Å². The normalized spacial score (nSPS) is 11.7. The average Bonchev–Trinajstić information content (AvgIpc) is 2.47. The Morgan fingerprint density at radius 1 is 1.10 bits per heavy atom. The summed E-state index contributed by atoms with van der Waals surface area (Å²) in [5.41, 5.74) is 2.29. The van der Waals surface area contributed by atoms with Crippen molar-refractivity contribution in [1.29, 1.82) is 0 Å². The molecule has 0 spiro atoms. The maximum atomic E-state index is 12.3. The predicted molar refractivity (Wildman–Crippen MR) is 80.1 cm³/mol. The fourth-order valence-electron chi connectivity index (χ4n) is 2.14. The second kappa shape index (κ2) is 6.70. The van der Waals surface area contributed by atoms with Gasteiger partial charge in [-0.1, -0.05) is 48.0 Å². The molecule has 108 valence electrons. The van der Waals surface area contributed by atoms with E-state index >= 15 is 0 Å². The highest BCUT2D eigenvalue weighted by Gasteiger charge is 2.18. The number of aryl methyl sites for hydroxylation is 1. The summed E-state index contributed by atoms with van der Waals surface area (Å²) in [6.45, 7) is 1.91. The first-order valence-corrected chi connectivity index (χ1v) is 6.70. The zero-order valence-electron chi connectivity index (χ0n) is 11.7. The number of aliphatic carboxylic acids is 1. The Labute approximate surface area is 123 Å². The summed E-state index contributed by atoms with van der Waals surface area (Å²) in [6.07, 6.45) is -0.151. The minimum Gasteiger partial charge on any atom is -0.481 e. The van der Waals surface area contributed by atoms with Crippen molar-refractivity contribution < 1.29 is 14.7 Å². The lowest BCUT2D eigenvalue weighted by Crippen LogP contribution is -2.30. The summed E-state index contributed by atoms with van der Waals surface area (Å²) in [6, 6.07) is 15.8. The molecule has 4 heteroatoms. The van der Waals surface area contributed by atoms with Crippen molar-refractivity contribution in [3.8, 4) is 0 Å². The minimum absolute atomic E-state index is 0.151. The van der Waals surface area contributed by atoms with Crippen LogP contribution < -0.4 is 5.32 Å². The van der Waals surface area contributed by atoms with Crippen LogP contribution in [0.2, 0.25) is 0 Å². The number of amides is 1. The Morgan fingerprint density at radius 2 is 1.81 bits per heavy atom. The van der Waals surface area contributed by atoms with E-state index < -0.39 is 12.0 Å². The summed E-state index contributed by atoms with van der Waals surface area (Å²) in [5, 5.41) is 11.8. The summed E-state index contributed by atoms with van der Waals surface area (Å²) in [4.78, 5) is 23.3. The van der Waals surface area contributed by atoms with Gasteiger partial charge in [0.1, 0.15) is 0 Å². The quantitative estimate of drug-likeness (QED) is 0.886. The molecule has 0 aliphatic carbocycles. The highest BCUT2D eigenvalue weighted by Crippen LogP contribution is 2.17. The summed E-state index contributed by atoms with van der Waals surface area (Å²) in [7, 11) is 0. The number of rotatable bonds is 5. The molecule has 2 rings (SSSR count). The van der Waals surface area contributed by atoms with E-state index in [1.54, 1.807) is 18.2 Å². The molecule has 4 nitrogen and oxygen atoms in total. The Kier molecular flexibility index (Phi) is 4.72. The summed E-state index contributed by atoms with van der Waals surface area (Å²) in [5.74, 6) is -1.22. The van der Waals surface area contributed by atoms with Crippen LogP contribution in [0.4, 0.5) is 0 Å². The van der Waals surface area contributed by atoms with Crippen LogP contribution in [0, 0.1) is 6.92 Å². The fourth-order valence-corrected chi connectivity index (χ4v) is 2.14. The van der Waals surface area contributed by atoms with Crippen LogP contribution in [0.3, 0.4) is 0 Å². The van der Waals surface area contributed by atoms with E-state index in [9.17, 15) is 9.59 Å². The van der Waals surface area contributed by atoms with Crippen molar-refractivity contribution in [1.82, 2.24) is 5.32 Å². The van der Waals surface area contributed by atoms with Crippen molar-refractivity contribution in [2.24, 2.45) is 0 Å². The first kappa shape index (κ1) is 14.8. The van der Waals surface area contributed by atoms with Crippen molar-refractivity contribution in [2.45, 2.75) is 19.4 Å². The molecule has 0 radical (unpaired) electrons. The molecule has 1 atom stereocenters. The van der Waals surface area contributed by atoms with Gasteiger partial charge in [0.05, 0.1) is 12.5 Å². The number of hydrogen-bond donors (Lipinski definition) is 2. The molecule has 0 aliphatic rings. The number of carboxylic acids is 1. The van der Waals surface area contributed by atoms with Gasteiger partial charge in [-0.2, -0.15) is 0 Å². The summed E-state index contributed by atoms with van der Waals surface area (Å²) < 4.78 is 0. The van der Waals surface area contributed by atoms with Crippen molar-refractivity contribution in [3.63, 3.8) is 0 Å². The van der Waals surface area contributed by atoms with Crippen LogP contribution in [-0.4, -0.2) is 17.0 Å². The van der Waals surface area contributed by atoms with Crippen LogP contribution in [0.25, 0.3) is 0 Å². The molecule has 0 fully saturated rings. The van der Waals surface area contributed by atoms with Gasteiger partial charge in [-0.05, 0) is 24.6 Å². The van der Waals surface area contributed by atoms with Crippen molar-refractivity contribution >= 4 is 11.9 Å². The zero-order chi connectivity index (χ0) is 15.2. The lowest BCUT2D eigenvalue weighted by Gasteiger charge is -2.17. The zero-order valence-corrected chi connectivity index (χ0v) is 11.7. The molecule has 0 aromatic heterocycles. The number of carbonyl (C=O) groups is 2. The maximum absolute atomic E-state index is 12.3. The van der Waals surface area contributed by atoms with E-state index in [2.05, 4.69) is 5.32 Å². The topological polar surface area (TPSA) is 66.4 Å². The van der Waals surface area contributed by atoms with E-state index in [0.717, 1.165) is 11.1 Å². The number of nitrogens with one attached hydrogen (secondary N) is 1. The number of hydrogen-bond acceptors (Lipinski definition) is 2. The van der Waals surface area contributed by atoms with E-state index in [4.69, 9.17) is 5.11 Å². The monoisotopic (exact) mass is 283 g/mol. The molecule has 1 unspecified atom stereocenters. The standard InChI is InChI=1S/C17H17NO3/c1-12-6-5-9-14(10-12)17(21)18-15(11-16(19)20)13-7-3-2-4-8-13/h2-10,15H,11H2,1H3,(H,18,21)(H,19,20). The lowest BCUT2D eigenvalue weighted by atomic mass is 10.0. The first-order valence-electron chi connectivity index (χ1n) is 6.70. The second-order valence-electron chi connectivity index (χ2n) is 4.90. The van der Waals surface area contributed by atoms with Gasteiger partial charge in [-0.3, -0.25) is 9.59 Å². The van der Waals surface area contributed by atoms with Crippen molar-refractivity contribution in [3.05, 3.63) is 71.3 Å². The molecule has 2 N–H and O–H groups in total. The second-order valence-corrected chi connectivity index (χ2v) is 4.90. The summed E-state index contributed by atoms with van der Waals surface area (Å²) >= 11 is 0. The molecule has 2 aromatic rings. The molecule has 0 saturated heterocycles. The van der Waals surface area contributed by atoms with E-state index in [1.807, 2.05) is 43.3 Å². The molecule has 0 heterocycles. The molecule has 0 bridgehead atoms. The molecule has 21 heavy (non-hydrogen) atoms. The molecule has 1 amide bonds. The predicted octanol–water partition coefficient (Wildman–Crippen LogP) is 2.94. The van der Waals surface area contributed by atoms with Gasteiger partial charge >= 0.3 is 5.97 Å². The molecular formula is C17H17NO3. The van der Waals surface area contributed by atoms with E-state index in [0.29, 0.717) is 5.56 Å². The van der Waals surface area contributed by atoms with Gasteiger partial charge in [-0.25, -0.2) is 0 Å². The van der Waals surface area contributed by atoms with E-state index in [-0.39, 0.29) is 12.3 Å². The fraction of sp³-hybridized carbons (Fsp3) is 0.176. The Bertz CT molecular complexity index is 637. The molecule has 0 saturated carbocycles. The van der Waals surface area contributed by atoms with Gasteiger partial charge in [-0.15, -0.1) is 0 Å². The SMILES string of the molecule is Cc1cccc(C(=O)NC(CC(=O)O)c2ccccc2)c1. The minimum atomic E-state index is -0.951. The van der Waals surface area contributed by atoms with Crippen LogP contribution >= 0.6 is 0 Å². The third kappa shape index (κ3) is 4.18. The number of carbonyl (C=O) groups excluding carboxylic acids is 1. The number of carboxylic acid groups (broad SMARTS) is 1. The Balaban J connectivity index is 2.19. The molecule has 2 aromatic carbocycles. The Morgan fingerprint density at radius 3 is 2.43 bits per heavy atom. The largest absolute Gasteiger partial charge is 0.481 e. The van der Waals surface area contributed by atoms with Gasteiger partial charge in [0.25, 0.3) is 5.91 Å². The highest BCUT2D eigenvalue weighted by molar-refractivity contribution is 5.94. The third-order valence-electron chi connectivity index (χ3n) is 3.17. The molecule has 0 aliphatic heterocycles. The molecular weight excluding hydrogens is 266 g/mol. The van der Waals surface area contributed by atoms with Crippen LogP contribution in [0.5, 0.6) is 0 Å². The van der Waals surface area contributed by atoms with Crippen molar-refractivity contribution in [2.75, 3.05) is 0 Å². The van der Waals surface area contributed by atoms with Crippen LogP contribution in [-0.2, 0) is 4.79 Å². The lowest BCUT2D eigenvalue weighted by molar-refractivity contribution is -0.137. The van der Waals surface area contributed by atoms with Gasteiger partial charge in [0.2, 0.25) is 0 Å². The van der Waals surface area contributed by atoms with E-state index in [1.165, 1.54) is 0 Å². The smallest absolute Gasteiger partial charge is 0.305 e. The van der Waals surface area contributed by atoms with Gasteiger partial charge < -0.3 is 10.4 Å². The van der Waals surface area contributed by atoms with Crippen LogP contribution in [0.15, 0.2) is 54.6 Å². The maximum Gasteiger partial charge on any atom is 0.305 e. The number of benzene rings is 2.